The summed E-state index contributed by atoms with van der Waals surface area (Å²) in [6.45, 7) is 4.33. The molecule has 0 saturated heterocycles. The molecule has 1 aromatic heterocycles. The second-order valence-corrected chi connectivity index (χ2v) is 3.63. The van der Waals surface area contributed by atoms with Gasteiger partial charge >= 0.3 is 0 Å². The minimum Gasteiger partial charge on any atom is -0.464 e. The van der Waals surface area contributed by atoms with Crippen molar-refractivity contribution in [3.8, 4) is 0 Å². The highest BCUT2D eigenvalue weighted by atomic mass is 16.3. The van der Waals surface area contributed by atoms with E-state index in [2.05, 4.69) is 5.32 Å². The zero-order valence-electron chi connectivity index (χ0n) is 9.25. The van der Waals surface area contributed by atoms with E-state index in [1.165, 1.54) is 0 Å². The lowest BCUT2D eigenvalue weighted by Crippen LogP contribution is -2.26. The van der Waals surface area contributed by atoms with Crippen LogP contribution in [-0.4, -0.2) is 12.5 Å². The molecule has 0 aliphatic heterocycles. The Labute approximate surface area is 89.8 Å². The van der Waals surface area contributed by atoms with Crippen LogP contribution in [0.5, 0.6) is 0 Å². The van der Waals surface area contributed by atoms with Gasteiger partial charge in [0.1, 0.15) is 11.5 Å². The SMILES string of the molecule is Cc1ccc(C(C)NC(=O)CCCN)o1. The van der Waals surface area contributed by atoms with Crippen LogP contribution in [0.15, 0.2) is 16.5 Å². The Balaban J connectivity index is 2.41. The molecule has 0 spiro atoms. The van der Waals surface area contributed by atoms with Crippen LogP contribution in [0.1, 0.15) is 37.3 Å². The number of carbonyl (C=O) groups is 1. The third kappa shape index (κ3) is 3.75. The number of hydrogen-bond acceptors (Lipinski definition) is 3. The first-order valence-electron chi connectivity index (χ1n) is 5.19. The van der Waals surface area contributed by atoms with Gasteiger partial charge in [0, 0.05) is 6.42 Å². The Hall–Kier alpha value is -1.29. The number of carbonyl (C=O) groups excluding carboxylic acids is 1. The van der Waals surface area contributed by atoms with Crippen molar-refractivity contribution in [2.24, 2.45) is 5.73 Å². The molecule has 1 amide bonds. The standard InChI is InChI=1S/C11H18N2O2/c1-8-5-6-10(15-8)9(2)13-11(14)4-3-7-12/h5-6,9H,3-4,7,12H2,1-2H3,(H,13,14). The zero-order chi connectivity index (χ0) is 11.3. The maximum Gasteiger partial charge on any atom is 0.220 e. The second-order valence-electron chi connectivity index (χ2n) is 3.63. The van der Waals surface area contributed by atoms with Gasteiger partial charge in [-0.2, -0.15) is 0 Å². The van der Waals surface area contributed by atoms with Gasteiger partial charge in [0.05, 0.1) is 6.04 Å². The second kappa shape index (κ2) is 5.56. The lowest BCUT2D eigenvalue weighted by atomic mass is 10.2. The maximum atomic E-state index is 11.4. The van der Waals surface area contributed by atoms with E-state index in [1.54, 1.807) is 0 Å². The fraction of sp³-hybridized carbons (Fsp3) is 0.545. The molecule has 0 aliphatic carbocycles. The largest absolute Gasteiger partial charge is 0.464 e. The number of nitrogens with two attached hydrogens (primary N) is 1. The first-order valence-corrected chi connectivity index (χ1v) is 5.19. The van der Waals surface area contributed by atoms with Crippen LogP contribution in [0.3, 0.4) is 0 Å². The molecular formula is C11H18N2O2. The van der Waals surface area contributed by atoms with Gasteiger partial charge in [-0.15, -0.1) is 0 Å². The van der Waals surface area contributed by atoms with Crippen LogP contribution in [0, 0.1) is 6.92 Å². The number of furan rings is 1. The normalized spacial score (nSPS) is 12.5. The van der Waals surface area contributed by atoms with Crippen LogP contribution in [-0.2, 0) is 4.79 Å². The van der Waals surface area contributed by atoms with Crippen molar-refractivity contribution in [1.29, 1.82) is 0 Å². The van der Waals surface area contributed by atoms with Gasteiger partial charge < -0.3 is 15.5 Å². The summed E-state index contributed by atoms with van der Waals surface area (Å²) >= 11 is 0. The van der Waals surface area contributed by atoms with E-state index >= 15 is 0 Å². The van der Waals surface area contributed by atoms with Crippen LogP contribution < -0.4 is 11.1 Å². The van der Waals surface area contributed by atoms with E-state index in [9.17, 15) is 4.79 Å². The molecule has 1 unspecified atom stereocenters. The van der Waals surface area contributed by atoms with Crippen LogP contribution >= 0.6 is 0 Å². The van der Waals surface area contributed by atoms with Crippen LogP contribution in [0.4, 0.5) is 0 Å². The highest BCUT2D eigenvalue weighted by Crippen LogP contribution is 2.15. The van der Waals surface area contributed by atoms with E-state index in [4.69, 9.17) is 10.2 Å². The van der Waals surface area contributed by atoms with Gasteiger partial charge in [0.25, 0.3) is 0 Å². The number of hydrogen-bond donors (Lipinski definition) is 2. The predicted molar refractivity (Wildman–Crippen MR) is 58.3 cm³/mol. The minimum absolute atomic E-state index is 0.0157. The van der Waals surface area contributed by atoms with Gasteiger partial charge in [0.2, 0.25) is 5.91 Å². The summed E-state index contributed by atoms with van der Waals surface area (Å²) in [7, 11) is 0. The Bertz CT molecular complexity index is 320. The molecule has 0 aromatic carbocycles. The van der Waals surface area contributed by atoms with Gasteiger partial charge in [-0.3, -0.25) is 4.79 Å². The molecule has 0 radical (unpaired) electrons. The lowest BCUT2D eigenvalue weighted by molar-refractivity contribution is -0.121. The Morgan fingerprint density at radius 2 is 2.33 bits per heavy atom. The minimum atomic E-state index is -0.0797. The summed E-state index contributed by atoms with van der Waals surface area (Å²) in [5, 5.41) is 2.86. The summed E-state index contributed by atoms with van der Waals surface area (Å²) in [4.78, 5) is 11.4. The fourth-order valence-electron chi connectivity index (χ4n) is 1.33. The smallest absolute Gasteiger partial charge is 0.220 e. The molecule has 1 heterocycles. The summed E-state index contributed by atoms with van der Waals surface area (Å²) in [6.07, 6.45) is 1.19. The Morgan fingerprint density at radius 3 is 2.87 bits per heavy atom. The van der Waals surface area contributed by atoms with Gasteiger partial charge in [-0.05, 0) is 38.9 Å². The molecule has 0 aliphatic rings. The molecule has 1 atom stereocenters. The number of amides is 1. The molecule has 0 fully saturated rings. The summed E-state index contributed by atoms with van der Waals surface area (Å²) in [5.41, 5.74) is 5.32. The molecule has 3 N–H and O–H groups in total. The topological polar surface area (TPSA) is 68.3 Å². The predicted octanol–water partition coefficient (Wildman–Crippen LogP) is 1.50. The summed E-state index contributed by atoms with van der Waals surface area (Å²) < 4.78 is 5.41. The van der Waals surface area contributed by atoms with Gasteiger partial charge in [-0.25, -0.2) is 0 Å². The molecule has 0 bridgehead atoms. The highest BCUT2D eigenvalue weighted by molar-refractivity contribution is 5.76. The number of rotatable bonds is 5. The molecule has 84 valence electrons. The van der Waals surface area contributed by atoms with Crippen molar-refractivity contribution in [1.82, 2.24) is 5.32 Å². The number of nitrogens with one attached hydrogen (secondary N) is 1. The molecule has 4 nitrogen and oxygen atoms in total. The van der Waals surface area contributed by atoms with E-state index < -0.39 is 0 Å². The van der Waals surface area contributed by atoms with Crippen molar-refractivity contribution in [3.63, 3.8) is 0 Å². The fourth-order valence-corrected chi connectivity index (χ4v) is 1.33. The number of aryl methyl sites for hydroxylation is 1. The van der Waals surface area contributed by atoms with Crippen molar-refractivity contribution in [2.45, 2.75) is 32.7 Å². The van der Waals surface area contributed by atoms with Crippen LogP contribution in [0.25, 0.3) is 0 Å². The average Bonchev–Trinajstić information content (AvgIpc) is 2.61. The van der Waals surface area contributed by atoms with E-state index in [-0.39, 0.29) is 11.9 Å². The Kier molecular flexibility index (Phi) is 4.37. The van der Waals surface area contributed by atoms with Crippen molar-refractivity contribution in [2.75, 3.05) is 6.54 Å². The average molecular weight is 210 g/mol. The molecule has 15 heavy (non-hydrogen) atoms. The summed E-state index contributed by atoms with van der Waals surface area (Å²) in [5.74, 6) is 1.66. The quantitative estimate of drug-likeness (QED) is 0.774. The Morgan fingerprint density at radius 1 is 1.60 bits per heavy atom. The lowest BCUT2D eigenvalue weighted by Gasteiger charge is -2.10. The third-order valence-corrected chi connectivity index (χ3v) is 2.17. The third-order valence-electron chi connectivity index (χ3n) is 2.17. The van der Waals surface area contributed by atoms with E-state index in [0.29, 0.717) is 13.0 Å². The summed E-state index contributed by atoms with van der Waals surface area (Å²) in [6, 6.07) is 3.69. The molecular weight excluding hydrogens is 192 g/mol. The van der Waals surface area contributed by atoms with Gasteiger partial charge in [0.15, 0.2) is 0 Å². The first-order chi connectivity index (χ1) is 7.13. The highest BCUT2D eigenvalue weighted by Gasteiger charge is 2.11. The first kappa shape index (κ1) is 11.8. The van der Waals surface area contributed by atoms with Crippen molar-refractivity contribution < 1.29 is 9.21 Å². The zero-order valence-corrected chi connectivity index (χ0v) is 9.25. The van der Waals surface area contributed by atoms with Crippen LogP contribution in [0.2, 0.25) is 0 Å². The van der Waals surface area contributed by atoms with Crippen molar-refractivity contribution >= 4 is 5.91 Å². The maximum absolute atomic E-state index is 11.4. The molecule has 1 rings (SSSR count). The molecule has 4 heteroatoms. The van der Waals surface area contributed by atoms with Gasteiger partial charge in [-0.1, -0.05) is 0 Å². The van der Waals surface area contributed by atoms with E-state index in [1.807, 2.05) is 26.0 Å². The molecule has 1 aromatic rings. The molecule has 0 saturated carbocycles. The van der Waals surface area contributed by atoms with Crippen molar-refractivity contribution in [3.05, 3.63) is 23.7 Å². The van der Waals surface area contributed by atoms with E-state index in [0.717, 1.165) is 17.9 Å². The monoisotopic (exact) mass is 210 g/mol.